The predicted molar refractivity (Wildman–Crippen MR) is 78.9 cm³/mol. The molecule has 0 aromatic carbocycles. The Morgan fingerprint density at radius 2 is 2.16 bits per heavy atom. The van der Waals surface area contributed by atoms with E-state index in [0.29, 0.717) is 6.04 Å². The molecule has 0 unspecified atom stereocenters. The van der Waals surface area contributed by atoms with Gasteiger partial charge in [0.05, 0.1) is 23.4 Å². The summed E-state index contributed by atoms with van der Waals surface area (Å²) < 4.78 is 4.82. The minimum absolute atomic E-state index is 0.417. The molecule has 0 aliphatic rings. The molecule has 2 aromatic rings. The molecule has 1 N–H and O–H groups in total. The third-order valence-corrected chi connectivity index (χ3v) is 3.37. The second kappa shape index (κ2) is 6.86. The maximum atomic E-state index is 4.25. The van der Waals surface area contributed by atoms with Crippen LogP contribution < -0.4 is 5.32 Å². The highest BCUT2D eigenvalue weighted by Crippen LogP contribution is 2.06. The SMILES string of the molecule is C[C@@H](Cn1cc(Br)cn1)NCCCc1cnn(C)c1. The van der Waals surface area contributed by atoms with Crippen LogP contribution in [0.3, 0.4) is 0 Å². The van der Waals surface area contributed by atoms with Crippen molar-refractivity contribution in [3.8, 4) is 0 Å². The Kier molecular flexibility index (Phi) is 5.15. The van der Waals surface area contributed by atoms with Gasteiger partial charge in [-0.15, -0.1) is 0 Å². The Morgan fingerprint density at radius 3 is 2.79 bits per heavy atom. The van der Waals surface area contributed by atoms with Gasteiger partial charge in [-0.3, -0.25) is 9.36 Å². The fourth-order valence-corrected chi connectivity index (χ4v) is 2.35. The van der Waals surface area contributed by atoms with Gasteiger partial charge in [-0.2, -0.15) is 10.2 Å². The maximum Gasteiger partial charge on any atom is 0.0632 e. The van der Waals surface area contributed by atoms with E-state index in [2.05, 4.69) is 44.6 Å². The largest absolute Gasteiger partial charge is 0.312 e. The summed E-state index contributed by atoms with van der Waals surface area (Å²) in [6.07, 6.45) is 10.0. The topological polar surface area (TPSA) is 47.7 Å². The van der Waals surface area contributed by atoms with Gasteiger partial charge in [0, 0.05) is 25.5 Å². The standard InChI is InChI=1S/C13H20BrN5/c1-11(8-19-10-13(14)7-17-19)15-5-3-4-12-6-16-18(2)9-12/h6-7,9-11,15H,3-5,8H2,1-2H3/t11-/m0/s1. The summed E-state index contributed by atoms with van der Waals surface area (Å²) in [6.45, 7) is 4.08. The van der Waals surface area contributed by atoms with Gasteiger partial charge in [0.1, 0.15) is 0 Å². The molecule has 0 fully saturated rings. The number of aromatic nitrogens is 4. The molecule has 2 aromatic heterocycles. The Morgan fingerprint density at radius 1 is 1.32 bits per heavy atom. The molecule has 5 nitrogen and oxygen atoms in total. The lowest BCUT2D eigenvalue weighted by Gasteiger charge is -2.13. The van der Waals surface area contributed by atoms with Crippen molar-refractivity contribution in [3.63, 3.8) is 0 Å². The third-order valence-electron chi connectivity index (χ3n) is 2.96. The van der Waals surface area contributed by atoms with Gasteiger partial charge in [0.25, 0.3) is 0 Å². The van der Waals surface area contributed by atoms with Gasteiger partial charge in [-0.25, -0.2) is 0 Å². The van der Waals surface area contributed by atoms with Gasteiger partial charge in [-0.05, 0) is 47.8 Å². The molecular weight excluding hydrogens is 306 g/mol. The Balaban J connectivity index is 1.62. The summed E-state index contributed by atoms with van der Waals surface area (Å²) >= 11 is 3.40. The van der Waals surface area contributed by atoms with Crippen molar-refractivity contribution < 1.29 is 0 Å². The number of nitrogens with one attached hydrogen (secondary N) is 1. The van der Waals surface area contributed by atoms with Crippen molar-refractivity contribution in [3.05, 3.63) is 34.8 Å². The maximum absolute atomic E-state index is 4.25. The fourth-order valence-electron chi connectivity index (χ4n) is 2.03. The van der Waals surface area contributed by atoms with E-state index >= 15 is 0 Å². The zero-order valence-electron chi connectivity index (χ0n) is 11.4. The van der Waals surface area contributed by atoms with Crippen LogP contribution in [0.2, 0.25) is 0 Å². The number of aryl methyl sites for hydroxylation is 2. The summed E-state index contributed by atoms with van der Waals surface area (Å²) in [6, 6.07) is 0.417. The van der Waals surface area contributed by atoms with Crippen molar-refractivity contribution in [2.75, 3.05) is 6.54 Å². The molecule has 1 atom stereocenters. The van der Waals surface area contributed by atoms with Gasteiger partial charge in [0.2, 0.25) is 0 Å². The third kappa shape index (κ3) is 4.80. The Labute approximate surface area is 122 Å². The van der Waals surface area contributed by atoms with Crippen LogP contribution in [-0.4, -0.2) is 32.1 Å². The van der Waals surface area contributed by atoms with Crippen molar-refractivity contribution in [1.82, 2.24) is 24.9 Å². The van der Waals surface area contributed by atoms with E-state index in [4.69, 9.17) is 0 Å². The smallest absolute Gasteiger partial charge is 0.0632 e. The van der Waals surface area contributed by atoms with E-state index in [1.54, 1.807) is 0 Å². The van der Waals surface area contributed by atoms with Crippen molar-refractivity contribution in [2.45, 2.75) is 32.4 Å². The van der Waals surface area contributed by atoms with E-state index in [9.17, 15) is 0 Å². The summed E-state index contributed by atoms with van der Waals surface area (Å²) in [5, 5.41) is 11.9. The van der Waals surface area contributed by atoms with Crippen LogP contribution >= 0.6 is 15.9 Å². The highest BCUT2D eigenvalue weighted by atomic mass is 79.9. The van der Waals surface area contributed by atoms with E-state index in [0.717, 1.165) is 30.4 Å². The van der Waals surface area contributed by atoms with Gasteiger partial charge in [0.15, 0.2) is 0 Å². The molecule has 0 saturated carbocycles. The van der Waals surface area contributed by atoms with Crippen LogP contribution in [0.5, 0.6) is 0 Å². The molecular formula is C13H20BrN5. The van der Waals surface area contributed by atoms with Crippen LogP contribution in [-0.2, 0) is 20.0 Å². The summed E-state index contributed by atoms with van der Waals surface area (Å²) in [4.78, 5) is 0. The highest BCUT2D eigenvalue weighted by Gasteiger charge is 2.03. The molecule has 2 rings (SSSR count). The molecule has 0 aliphatic carbocycles. The lowest BCUT2D eigenvalue weighted by molar-refractivity contribution is 0.448. The molecule has 2 heterocycles. The average molecular weight is 326 g/mol. The van der Waals surface area contributed by atoms with Gasteiger partial charge in [-0.1, -0.05) is 0 Å². The second-order valence-electron chi connectivity index (χ2n) is 4.86. The first-order valence-corrected chi connectivity index (χ1v) is 7.31. The average Bonchev–Trinajstić information content (AvgIpc) is 2.94. The first-order valence-electron chi connectivity index (χ1n) is 6.52. The molecule has 104 valence electrons. The van der Waals surface area contributed by atoms with Crippen LogP contribution in [0.4, 0.5) is 0 Å². The molecule has 0 radical (unpaired) electrons. The highest BCUT2D eigenvalue weighted by molar-refractivity contribution is 9.10. The van der Waals surface area contributed by atoms with E-state index in [1.165, 1.54) is 5.56 Å². The number of nitrogens with zero attached hydrogens (tertiary/aromatic N) is 4. The molecule has 0 bridgehead atoms. The summed E-state index contributed by atoms with van der Waals surface area (Å²) in [5.74, 6) is 0. The first-order chi connectivity index (χ1) is 9.13. The van der Waals surface area contributed by atoms with Gasteiger partial charge >= 0.3 is 0 Å². The number of rotatable bonds is 7. The zero-order valence-corrected chi connectivity index (χ0v) is 13.0. The number of hydrogen-bond acceptors (Lipinski definition) is 3. The zero-order chi connectivity index (χ0) is 13.7. The molecule has 0 spiro atoms. The van der Waals surface area contributed by atoms with E-state index < -0.39 is 0 Å². The van der Waals surface area contributed by atoms with Crippen LogP contribution in [0.15, 0.2) is 29.3 Å². The first kappa shape index (κ1) is 14.3. The van der Waals surface area contributed by atoms with Crippen molar-refractivity contribution in [2.24, 2.45) is 7.05 Å². The molecule has 0 amide bonds. The molecule has 19 heavy (non-hydrogen) atoms. The monoisotopic (exact) mass is 325 g/mol. The van der Waals surface area contributed by atoms with Crippen molar-refractivity contribution in [1.29, 1.82) is 0 Å². The molecule has 0 aliphatic heterocycles. The second-order valence-corrected chi connectivity index (χ2v) is 5.78. The summed E-state index contributed by atoms with van der Waals surface area (Å²) in [7, 11) is 1.95. The quantitative estimate of drug-likeness (QED) is 0.792. The van der Waals surface area contributed by atoms with E-state index in [-0.39, 0.29) is 0 Å². The fraction of sp³-hybridized carbons (Fsp3) is 0.538. The molecule has 0 saturated heterocycles. The van der Waals surface area contributed by atoms with E-state index in [1.807, 2.05) is 35.0 Å². The van der Waals surface area contributed by atoms with Crippen LogP contribution in [0, 0.1) is 0 Å². The van der Waals surface area contributed by atoms with Crippen LogP contribution in [0.1, 0.15) is 18.9 Å². The molecule has 6 heteroatoms. The minimum Gasteiger partial charge on any atom is -0.312 e. The summed E-state index contributed by atoms with van der Waals surface area (Å²) in [5.41, 5.74) is 1.30. The Bertz CT molecular complexity index is 505. The number of hydrogen-bond donors (Lipinski definition) is 1. The predicted octanol–water partition coefficient (Wildman–Crippen LogP) is 1.99. The number of halogens is 1. The van der Waals surface area contributed by atoms with Gasteiger partial charge < -0.3 is 5.32 Å². The normalized spacial score (nSPS) is 12.8. The lowest BCUT2D eigenvalue weighted by atomic mass is 10.2. The Hall–Kier alpha value is -1.14. The van der Waals surface area contributed by atoms with Crippen LogP contribution in [0.25, 0.3) is 0 Å². The van der Waals surface area contributed by atoms with Crippen molar-refractivity contribution >= 4 is 15.9 Å². The lowest BCUT2D eigenvalue weighted by Crippen LogP contribution is -2.31. The minimum atomic E-state index is 0.417.